The lowest BCUT2D eigenvalue weighted by atomic mass is 9.76. The summed E-state index contributed by atoms with van der Waals surface area (Å²) in [5.74, 6) is 0.758. The summed E-state index contributed by atoms with van der Waals surface area (Å²) in [6.45, 7) is 8.79. The maximum absolute atomic E-state index is 6.11. The molecule has 0 saturated heterocycles. The van der Waals surface area contributed by atoms with Crippen LogP contribution in [0.25, 0.3) is 0 Å². The second-order valence-corrected chi connectivity index (χ2v) is 5.80. The maximum Gasteiger partial charge on any atom is 0.116 e. The molecule has 1 aromatic carbocycles. The van der Waals surface area contributed by atoms with Crippen LogP contribution in [0, 0.1) is 5.41 Å². The van der Waals surface area contributed by atoms with Gasteiger partial charge in [0.1, 0.15) is 5.82 Å². The van der Waals surface area contributed by atoms with E-state index in [1.54, 1.807) is 0 Å². The highest BCUT2D eigenvalue weighted by atomic mass is 15.6. The molecule has 0 spiro atoms. The van der Waals surface area contributed by atoms with Crippen molar-refractivity contribution >= 4 is 5.69 Å². The molecule has 0 aliphatic carbocycles. The molecule has 17 heavy (non-hydrogen) atoms. The van der Waals surface area contributed by atoms with Gasteiger partial charge in [-0.1, -0.05) is 39.0 Å². The summed E-state index contributed by atoms with van der Waals surface area (Å²) >= 11 is 0. The molecule has 3 nitrogen and oxygen atoms in total. The van der Waals surface area contributed by atoms with Crippen LogP contribution in [0.15, 0.2) is 42.2 Å². The molecule has 3 N–H and O–H groups in total. The van der Waals surface area contributed by atoms with E-state index in [9.17, 15) is 0 Å². The Balaban J connectivity index is 2.31. The average molecular weight is 231 g/mol. The van der Waals surface area contributed by atoms with Gasteiger partial charge in [0, 0.05) is 0 Å². The number of nitrogens with two attached hydrogens (primary N) is 1. The Morgan fingerprint density at radius 1 is 1.18 bits per heavy atom. The first kappa shape index (κ1) is 12.0. The summed E-state index contributed by atoms with van der Waals surface area (Å²) < 4.78 is 0. The fourth-order valence-electron chi connectivity index (χ4n) is 1.86. The van der Waals surface area contributed by atoms with Gasteiger partial charge in [0.05, 0.1) is 11.2 Å². The van der Waals surface area contributed by atoms with Crippen LogP contribution >= 0.6 is 0 Å². The van der Waals surface area contributed by atoms with Gasteiger partial charge in [0.15, 0.2) is 0 Å². The normalized spacial score (nSPS) is 24.9. The number of hydrazine groups is 1. The zero-order valence-electron chi connectivity index (χ0n) is 11.0. The van der Waals surface area contributed by atoms with Gasteiger partial charge in [-0.2, -0.15) is 0 Å². The van der Waals surface area contributed by atoms with Gasteiger partial charge >= 0.3 is 0 Å². The van der Waals surface area contributed by atoms with Crippen LogP contribution in [0.5, 0.6) is 0 Å². The van der Waals surface area contributed by atoms with E-state index in [0.717, 1.165) is 11.5 Å². The summed E-state index contributed by atoms with van der Waals surface area (Å²) in [5.41, 5.74) is 10.6. The topological polar surface area (TPSA) is 41.3 Å². The van der Waals surface area contributed by atoms with E-state index in [1.165, 1.54) is 0 Å². The van der Waals surface area contributed by atoms with Gasteiger partial charge in [-0.05, 0) is 30.5 Å². The first-order valence-electron chi connectivity index (χ1n) is 5.95. The van der Waals surface area contributed by atoms with Gasteiger partial charge in [-0.15, -0.1) is 0 Å². The van der Waals surface area contributed by atoms with Crippen LogP contribution < -0.4 is 16.2 Å². The Kier molecular flexibility index (Phi) is 2.66. The lowest BCUT2D eigenvalue weighted by Gasteiger charge is -2.38. The van der Waals surface area contributed by atoms with Crippen molar-refractivity contribution in [1.82, 2.24) is 5.43 Å². The molecule has 0 saturated carbocycles. The zero-order valence-corrected chi connectivity index (χ0v) is 11.0. The number of rotatable bonds is 1. The Morgan fingerprint density at radius 3 is 2.24 bits per heavy atom. The molecule has 2 rings (SSSR count). The van der Waals surface area contributed by atoms with E-state index in [4.69, 9.17) is 5.73 Å². The molecule has 0 aromatic heterocycles. The monoisotopic (exact) mass is 231 g/mol. The SMILES string of the molecule is CC(C)(C)C1(C)C=C(N)N(c2ccccc2)N1. The lowest BCUT2D eigenvalue weighted by Crippen LogP contribution is -2.53. The average Bonchev–Trinajstić information content (AvgIpc) is 2.56. The van der Waals surface area contributed by atoms with Gasteiger partial charge in [0.2, 0.25) is 0 Å². The highest BCUT2D eigenvalue weighted by Gasteiger charge is 2.42. The molecule has 92 valence electrons. The molecule has 0 amide bonds. The summed E-state index contributed by atoms with van der Waals surface area (Å²) in [4.78, 5) is 0. The van der Waals surface area contributed by atoms with E-state index in [2.05, 4.69) is 39.2 Å². The minimum Gasteiger partial charge on any atom is -0.384 e. The number of benzene rings is 1. The van der Waals surface area contributed by atoms with Crippen molar-refractivity contribution in [2.75, 3.05) is 5.01 Å². The van der Waals surface area contributed by atoms with Crippen LogP contribution in [-0.4, -0.2) is 5.54 Å². The molecule has 1 aliphatic heterocycles. The quantitative estimate of drug-likeness (QED) is 0.780. The first-order chi connectivity index (χ1) is 7.83. The number of anilines is 1. The van der Waals surface area contributed by atoms with E-state index in [1.807, 2.05) is 35.3 Å². The Hall–Kier alpha value is -1.48. The van der Waals surface area contributed by atoms with E-state index in [0.29, 0.717) is 0 Å². The molecule has 3 heteroatoms. The first-order valence-corrected chi connectivity index (χ1v) is 5.95. The highest BCUT2D eigenvalue weighted by Crippen LogP contribution is 2.36. The molecule has 0 bridgehead atoms. The van der Waals surface area contributed by atoms with Gasteiger partial charge in [-0.3, -0.25) is 5.01 Å². The summed E-state index contributed by atoms with van der Waals surface area (Å²) in [6.07, 6.45) is 2.10. The summed E-state index contributed by atoms with van der Waals surface area (Å²) in [5, 5.41) is 1.95. The zero-order chi connectivity index (χ0) is 12.7. The fraction of sp³-hybridized carbons (Fsp3) is 0.429. The van der Waals surface area contributed by atoms with Crippen LogP contribution in [0.1, 0.15) is 27.7 Å². The van der Waals surface area contributed by atoms with Crippen molar-refractivity contribution in [2.45, 2.75) is 33.2 Å². The van der Waals surface area contributed by atoms with Gasteiger partial charge in [0.25, 0.3) is 0 Å². The molecule has 1 aliphatic rings. The van der Waals surface area contributed by atoms with Crippen LogP contribution in [-0.2, 0) is 0 Å². The predicted octanol–water partition coefficient (Wildman–Crippen LogP) is 2.62. The van der Waals surface area contributed by atoms with Crippen molar-refractivity contribution in [3.8, 4) is 0 Å². The molecule has 1 atom stereocenters. The van der Waals surface area contributed by atoms with Gasteiger partial charge in [-0.25, -0.2) is 5.43 Å². The molecule has 1 aromatic rings. The van der Waals surface area contributed by atoms with Crippen molar-refractivity contribution < 1.29 is 0 Å². The van der Waals surface area contributed by atoms with Crippen LogP contribution in [0.2, 0.25) is 0 Å². The number of hydrogen-bond donors (Lipinski definition) is 2. The number of hydrogen-bond acceptors (Lipinski definition) is 3. The molecular weight excluding hydrogens is 210 g/mol. The predicted molar refractivity (Wildman–Crippen MR) is 72.2 cm³/mol. The molecule has 0 radical (unpaired) electrons. The largest absolute Gasteiger partial charge is 0.384 e. The summed E-state index contributed by atoms with van der Waals surface area (Å²) in [7, 11) is 0. The second-order valence-electron chi connectivity index (χ2n) is 5.80. The van der Waals surface area contributed by atoms with Gasteiger partial charge < -0.3 is 5.73 Å². The van der Waals surface area contributed by atoms with E-state index in [-0.39, 0.29) is 11.0 Å². The third-order valence-electron chi connectivity index (χ3n) is 3.61. The molecule has 1 heterocycles. The molecule has 1 unspecified atom stereocenters. The molecular formula is C14H21N3. The third kappa shape index (κ3) is 2.03. The Morgan fingerprint density at radius 2 is 1.76 bits per heavy atom. The van der Waals surface area contributed by atoms with Crippen molar-refractivity contribution in [3.63, 3.8) is 0 Å². The fourth-order valence-corrected chi connectivity index (χ4v) is 1.86. The Labute approximate surface area is 103 Å². The van der Waals surface area contributed by atoms with Crippen molar-refractivity contribution in [1.29, 1.82) is 0 Å². The van der Waals surface area contributed by atoms with E-state index >= 15 is 0 Å². The maximum atomic E-state index is 6.11. The minimum atomic E-state index is -0.132. The van der Waals surface area contributed by atoms with Crippen molar-refractivity contribution in [3.05, 3.63) is 42.2 Å². The number of nitrogens with one attached hydrogen (secondary N) is 1. The lowest BCUT2D eigenvalue weighted by molar-refractivity contribution is 0.220. The molecule has 0 fully saturated rings. The van der Waals surface area contributed by atoms with E-state index < -0.39 is 0 Å². The van der Waals surface area contributed by atoms with Crippen LogP contribution in [0.3, 0.4) is 0 Å². The standard InChI is InChI=1S/C14H21N3/c1-13(2,3)14(4)10-12(15)17(16-14)11-8-6-5-7-9-11/h5-10,16H,15H2,1-4H3. The summed E-state index contributed by atoms with van der Waals surface area (Å²) in [6, 6.07) is 10.1. The minimum absolute atomic E-state index is 0.0984. The third-order valence-corrected chi connectivity index (χ3v) is 3.61. The van der Waals surface area contributed by atoms with Crippen molar-refractivity contribution in [2.24, 2.45) is 11.1 Å². The number of para-hydroxylation sites is 1. The smallest absolute Gasteiger partial charge is 0.116 e. The second kappa shape index (κ2) is 3.77. The Bertz CT molecular complexity index is 431. The number of nitrogens with zero attached hydrogens (tertiary/aromatic N) is 1. The highest BCUT2D eigenvalue weighted by molar-refractivity contribution is 5.53. The van der Waals surface area contributed by atoms with Crippen LogP contribution in [0.4, 0.5) is 5.69 Å².